The van der Waals surface area contributed by atoms with Crippen molar-refractivity contribution in [1.82, 2.24) is 9.55 Å². The van der Waals surface area contributed by atoms with E-state index in [9.17, 15) is 5.11 Å². The number of aryl methyl sites for hydroxylation is 2. The summed E-state index contributed by atoms with van der Waals surface area (Å²) in [6.45, 7) is 2.14. The highest BCUT2D eigenvalue weighted by Crippen LogP contribution is 2.16. The predicted octanol–water partition coefficient (Wildman–Crippen LogP) is 2.26. The molecular formula is C14H18N2O. The van der Waals surface area contributed by atoms with Crippen LogP contribution in [-0.2, 0) is 19.9 Å². The monoisotopic (exact) mass is 230 g/mol. The Labute approximate surface area is 102 Å². The number of hydrogen-bond acceptors (Lipinski definition) is 2. The molecule has 2 rings (SSSR count). The van der Waals surface area contributed by atoms with Gasteiger partial charge in [-0.3, -0.25) is 0 Å². The van der Waals surface area contributed by atoms with Crippen LogP contribution >= 0.6 is 0 Å². The molecule has 1 heterocycles. The maximum Gasteiger partial charge on any atom is 0.137 e. The molecule has 17 heavy (non-hydrogen) atoms. The molecule has 0 fully saturated rings. The van der Waals surface area contributed by atoms with Gasteiger partial charge in [-0.2, -0.15) is 0 Å². The van der Waals surface area contributed by atoms with Gasteiger partial charge in [-0.15, -0.1) is 0 Å². The first-order chi connectivity index (χ1) is 8.20. The second kappa shape index (κ2) is 5.15. The second-order valence-electron chi connectivity index (χ2n) is 4.29. The van der Waals surface area contributed by atoms with Crippen molar-refractivity contribution in [2.24, 2.45) is 7.05 Å². The molecule has 0 aliphatic rings. The highest BCUT2D eigenvalue weighted by molar-refractivity contribution is 5.23. The lowest BCUT2D eigenvalue weighted by atomic mass is 10.0. The summed E-state index contributed by atoms with van der Waals surface area (Å²) in [4.78, 5) is 4.16. The molecular weight excluding hydrogens is 212 g/mol. The van der Waals surface area contributed by atoms with E-state index in [1.54, 1.807) is 6.20 Å². The molecule has 3 nitrogen and oxygen atoms in total. The summed E-state index contributed by atoms with van der Waals surface area (Å²) in [7, 11) is 1.89. The molecule has 0 saturated carbocycles. The number of rotatable bonds is 4. The van der Waals surface area contributed by atoms with Crippen LogP contribution in [0.2, 0.25) is 0 Å². The van der Waals surface area contributed by atoms with Crippen molar-refractivity contribution in [2.75, 3.05) is 0 Å². The molecule has 0 spiro atoms. The Morgan fingerprint density at radius 3 is 2.41 bits per heavy atom. The van der Waals surface area contributed by atoms with Crippen LogP contribution in [0.1, 0.15) is 30.0 Å². The van der Waals surface area contributed by atoms with Gasteiger partial charge in [0.05, 0.1) is 0 Å². The van der Waals surface area contributed by atoms with Crippen LogP contribution in [0.3, 0.4) is 0 Å². The van der Waals surface area contributed by atoms with Crippen LogP contribution < -0.4 is 0 Å². The molecule has 1 atom stereocenters. The zero-order chi connectivity index (χ0) is 12.3. The topological polar surface area (TPSA) is 38.1 Å². The molecule has 0 aliphatic heterocycles. The minimum Gasteiger partial charge on any atom is -0.385 e. The summed E-state index contributed by atoms with van der Waals surface area (Å²) in [5.41, 5.74) is 2.46. The van der Waals surface area contributed by atoms with E-state index >= 15 is 0 Å². The van der Waals surface area contributed by atoms with Crippen LogP contribution in [0.15, 0.2) is 36.7 Å². The fourth-order valence-electron chi connectivity index (χ4n) is 1.92. The minimum atomic E-state index is -0.539. The van der Waals surface area contributed by atoms with Gasteiger partial charge in [0.15, 0.2) is 0 Å². The molecule has 2 aromatic rings. The smallest absolute Gasteiger partial charge is 0.137 e. The van der Waals surface area contributed by atoms with Crippen LogP contribution in [0.5, 0.6) is 0 Å². The standard InChI is InChI=1S/C14H18N2O/c1-3-11-4-6-12(7-5-11)10-13(17)14-15-8-9-16(14)2/h4-9,13,17H,3,10H2,1-2H3. The molecule has 1 N–H and O–H groups in total. The van der Waals surface area contributed by atoms with Crippen molar-refractivity contribution >= 4 is 0 Å². The van der Waals surface area contributed by atoms with E-state index < -0.39 is 6.10 Å². The third kappa shape index (κ3) is 2.74. The minimum absolute atomic E-state index is 0.539. The molecule has 0 bridgehead atoms. The summed E-state index contributed by atoms with van der Waals surface area (Å²) >= 11 is 0. The number of aliphatic hydroxyl groups excluding tert-OH is 1. The van der Waals surface area contributed by atoms with Gasteiger partial charge in [0.1, 0.15) is 11.9 Å². The van der Waals surface area contributed by atoms with Gasteiger partial charge in [0.2, 0.25) is 0 Å². The van der Waals surface area contributed by atoms with Crippen molar-refractivity contribution in [3.05, 3.63) is 53.6 Å². The van der Waals surface area contributed by atoms with Crippen LogP contribution in [0, 0.1) is 0 Å². The Balaban J connectivity index is 2.07. The van der Waals surface area contributed by atoms with Crippen molar-refractivity contribution in [2.45, 2.75) is 25.9 Å². The molecule has 0 amide bonds. The van der Waals surface area contributed by atoms with E-state index in [1.165, 1.54) is 5.56 Å². The summed E-state index contributed by atoms with van der Waals surface area (Å²) in [5.74, 6) is 0.713. The summed E-state index contributed by atoms with van der Waals surface area (Å²) < 4.78 is 1.85. The average Bonchev–Trinajstić information content (AvgIpc) is 2.76. The Kier molecular flexibility index (Phi) is 3.59. The first-order valence-electron chi connectivity index (χ1n) is 5.93. The molecule has 0 radical (unpaired) electrons. The highest BCUT2D eigenvalue weighted by Gasteiger charge is 2.12. The Bertz CT molecular complexity index is 473. The van der Waals surface area contributed by atoms with Crippen molar-refractivity contribution in [3.63, 3.8) is 0 Å². The van der Waals surface area contributed by atoms with Crippen molar-refractivity contribution in [1.29, 1.82) is 0 Å². The number of nitrogens with zero attached hydrogens (tertiary/aromatic N) is 2. The molecule has 1 aromatic carbocycles. The van der Waals surface area contributed by atoms with Gasteiger partial charge >= 0.3 is 0 Å². The van der Waals surface area contributed by atoms with Gasteiger partial charge in [-0.05, 0) is 17.5 Å². The van der Waals surface area contributed by atoms with E-state index in [4.69, 9.17) is 0 Å². The molecule has 1 unspecified atom stereocenters. The van der Waals surface area contributed by atoms with Crippen molar-refractivity contribution < 1.29 is 5.11 Å². The lowest BCUT2D eigenvalue weighted by Crippen LogP contribution is -2.08. The van der Waals surface area contributed by atoms with Crippen LogP contribution in [0.25, 0.3) is 0 Å². The first kappa shape index (κ1) is 11.9. The molecule has 3 heteroatoms. The maximum absolute atomic E-state index is 10.1. The fourth-order valence-corrected chi connectivity index (χ4v) is 1.92. The average molecular weight is 230 g/mol. The summed E-state index contributed by atoms with van der Waals surface area (Å²) in [6.07, 6.45) is 4.66. The Morgan fingerprint density at radius 1 is 1.24 bits per heavy atom. The number of aromatic nitrogens is 2. The lowest BCUT2D eigenvalue weighted by Gasteiger charge is -2.10. The zero-order valence-corrected chi connectivity index (χ0v) is 10.3. The number of aliphatic hydroxyl groups is 1. The maximum atomic E-state index is 10.1. The number of hydrogen-bond donors (Lipinski definition) is 1. The number of benzene rings is 1. The first-order valence-corrected chi connectivity index (χ1v) is 5.93. The van der Waals surface area contributed by atoms with E-state index in [-0.39, 0.29) is 0 Å². The SMILES string of the molecule is CCc1ccc(CC(O)c2nccn2C)cc1. The summed E-state index contributed by atoms with van der Waals surface area (Å²) in [6, 6.07) is 8.37. The van der Waals surface area contributed by atoms with E-state index in [0.717, 1.165) is 12.0 Å². The van der Waals surface area contributed by atoms with E-state index in [0.29, 0.717) is 12.2 Å². The molecule has 0 aliphatic carbocycles. The molecule has 1 aromatic heterocycles. The normalized spacial score (nSPS) is 12.6. The molecule has 0 saturated heterocycles. The van der Waals surface area contributed by atoms with Crippen molar-refractivity contribution in [3.8, 4) is 0 Å². The van der Waals surface area contributed by atoms with E-state index in [1.807, 2.05) is 17.8 Å². The predicted molar refractivity (Wildman–Crippen MR) is 67.7 cm³/mol. The van der Waals surface area contributed by atoms with Gasteiger partial charge in [-0.25, -0.2) is 4.98 Å². The lowest BCUT2D eigenvalue weighted by molar-refractivity contribution is 0.165. The van der Waals surface area contributed by atoms with Crippen LogP contribution in [-0.4, -0.2) is 14.7 Å². The largest absolute Gasteiger partial charge is 0.385 e. The highest BCUT2D eigenvalue weighted by atomic mass is 16.3. The van der Waals surface area contributed by atoms with Gasteiger partial charge in [0, 0.05) is 25.9 Å². The Hall–Kier alpha value is -1.61. The van der Waals surface area contributed by atoms with E-state index in [2.05, 4.69) is 36.2 Å². The fraction of sp³-hybridized carbons (Fsp3) is 0.357. The van der Waals surface area contributed by atoms with Gasteiger partial charge in [-0.1, -0.05) is 31.2 Å². The van der Waals surface area contributed by atoms with Gasteiger partial charge < -0.3 is 9.67 Å². The quantitative estimate of drug-likeness (QED) is 0.875. The second-order valence-corrected chi connectivity index (χ2v) is 4.29. The van der Waals surface area contributed by atoms with Crippen LogP contribution in [0.4, 0.5) is 0 Å². The summed E-state index contributed by atoms with van der Waals surface area (Å²) in [5, 5.41) is 10.1. The third-order valence-corrected chi connectivity index (χ3v) is 3.02. The number of imidazole rings is 1. The molecule has 90 valence electrons. The Morgan fingerprint density at radius 2 is 1.88 bits per heavy atom. The van der Waals surface area contributed by atoms with Gasteiger partial charge in [0.25, 0.3) is 0 Å². The zero-order valence-electron chi connectivity index (χ0n) is 10.3. The third-order valence-electron chi connectivity index (χ3n) is 3.02.